The van der Waals surface area contributed by atoms with Crippen molar-refractivity contribution in [2.75, 3.05) is 0 Å². The highest BCUT2D eigenvalue weighted by molar-refractivity contribution is 5.85. The fourth-order valence-corrected chi connectivity index (χ4v) is 5.46. The van der Waals surface area contributed by atoms with Crippen LogP contribution < -0.4 is 0 Å². The maximum absolute atomic E-state index is 11.8. The molecule has 4 unspecified atom stereocenters. The second-order valence-electron chi connectivity index (χ2n) is 6.10. The minimum Gasteiger partial charge on any atom is -0.299 e. The number of carbonyl (C=O) groups is 1. The molecule has 0 aromatic heterocycles. The SMILES string of the molecule is O=C1CC2CC1C1C3CCC(CC3)C21. The van der Waals surface area contributed by atoms with Gasteiger partial charge < -0.3 is 0 Å². The molecule has 0 spiro atoms. The number of ketones is 1. The smallest absolute Gasteiger partial charge is 0.136 e. The molecule has 5 fully saturated rings. The Morgan fingerprint density at radius 2 is 1.50 bits per heavy atom. The molecule has 1 nitrogen and oxygen atoms in total. The van der Waals surface area contributed by atoms with Crippen molar-refractivity contribution in [2.45, 2.75) is 38.5 Å². The highest BCUT2D eigenvalue weighted by Crippen LogP contribution is 2.63. The van der Waals surface area contributed by atoms with Gasteiger partial charge in [-0.1, -0.05) is 0 Å². The first-order chi connectivity index (χ1) is 6.84. The van der Waals surface area contributed by atoms with Crippen molar-refractivity contribution < 1.29 is 4.79 Å². The van der Waals surface area contributed by atoms with E-state index in [1.54, 1.807) is 0 Å². The number of hydrogen-bond acceptors (Lipinski definition) is 1. The molecule has 76 valence electrons. The third kappa shape index (κ3) is 0.765. The Labute approximate surface area is 85.3 Å². The summed E-state index contributed by atoms with van der Waals surface area (Å²) in [6.07, 6.45) is 8.10. The topological polar surface area (TPSA) is 17.1 Å². The largest absolute Gasteiger partial charge is 0.299 e. The maximum Gasteiger partial charge on any atom is 0.136 e. The number of carbonyl (C=O) groups excluding carboxylic acids is 1. The summed E-state index contributed by atoms with van der Waals surface area (Å²) in [4.78, 5) is 11.8. The molecule has 4 atom stereocenters. The van der Waals surface area contributed by atoms with Gasteiger partial charge in [0, 0.05) is 12.3 Å². The van der Waals surface area contributed by atoms with Gasteiger partial charge in [0.2, 0.25) is 0 Å². The lowest BCUT2D eigenvalue weighted by molar-refractivity contribution is -0.129. The maximum atomic E-state index is 11.8. The Morgan fingerprint density at radius 3 is 2.21 bits per heavy atom. The average Bonchev–Trinajstić information content (AvgIpc) is 2.78. The van der Waals surface area contributed by atoms with Crippen LogP contribution in [-0.2, 0) is 4.79 Å². The quantitative estimate of drug-likeness (QED) is 0.574. The number of rotatable bonds is 0. The van der Waals surface area contributed by atoms with Crippen LogP contribution in [0.2, 0.25) is 0 Å². The van der Waals surface area contributed by atoms with Crippen molar-refractivity contribution in [1.82, 2.24) is 0 Å². The molecule has 0 amide bonds. The van der Waals surface area contributed by atoms with E-state index in [0.717, 1.165) is 36.0 Å². The molecule has 5 saturated carbocycles. The molecule has 0 heterocycles. The van der Waals surface area contributed by atoms with Crippen molar-refractivity contribution in [3.8, 4) is 0 Å². The van der Waals surface area contributed by atoms with Crippen LogP contribution in [0.25, 0.3) is 0 Å². The van der Waals surface area contributed by atoms with E-state index in [0.29, 0.717) is 11.7 Å². The molecule has 0 N–H and O–H groups in total. The van der Waals surface area contributed by atoms with Crippen LogP contribution in [0.4, 0.5) is 0 Å². The first kappa shape index (κ1) is 7.90. The van der Waals surface area contributed by atoms with Crippen LogP contribution in [-0.4, -0.2) is 5.78 Å². The van der Waals surface area contributed by atoms with E-state index in [1.807, 2.05) is 0 Å². The Bertz CT molecular complexity index is 288. The van der Waals surface area contributed by atoms with E-state index >= 15 is 0 Å². The second kappa shape index (κ2) is 2.43. The van der Waals surface area contributed by atoms with Crippen molar-refractivity contribution in [2.24, 2.45) is 35.5 Å². The first-order valence-electron chi connectivity index (χ1n) is 6.37. The van der Waals surface area contributed by atoms with Gasteiger partial charge in [-0.2, -0.15) is 0 Å². The van der Waals surface area contributed by atoms with Gasteiger partial charge in [-0.25, -0.2) is 0 Å². The van der Waals surface area contributed by atoms with Crippen LogP contribution >= 0.6 is 0 Å². The predicted octanol–water partition coefficient (Wildman–Crippen LogP) is 2.65. The standard InChI is InChI=1S/C13H18O/c14-11-6-9-5-10(11)13-8-3-1-7(2-4-8)12(9)13/h7-10,12-13H,1-6H2. The minimum absolute atomic E-state index is 0.526. The summed E-state index contributed by atoms with van der Waals surface area (Å²) in [6, 6.07) is 0. The zero-order chi connectivity index (χ0) is 9.28. The molecule has 0 radical (unpaired) electrons. The molecule has 5 rings (SSSR count). The molecular formula is C13H18O. The fourth-order valence-electron chi connectivity index (χ4n) is 5.46. The van der Waals surface area contributed by atoms with Crippen LogP contribution in [0, 0.1) is 35.5 Å². The van der Waals surface area contributed by atoms with E-state index in [-0.39, 0.29) is 0 Å². The van der Waals surface area contributed by atoms with Crippen molar-refractivity contribution >= 4 is 5.78 Å². The zero-order valence-corrected chi connectivity index (χ0v) is 8.61. The molecule has 14 heavy (non-hydrogen) atoms. The highest BCUT2D eigenvalue weighted by atomic mass is 16.1. The molecule has 5 aliphatic carbocycles. The lowest BCUT2D eigenvalue weighted by Gasteiger charge is -2.50. The summed E-state index contributed by atoms with van der Waals surface area (Å²) in [7, 11) is 0. The molecular weight excluding hydrogens is 172 g/mol. The minimum atomic E-state index is 0.526. The summed E-state index contributed by atoms with van der Waals surface area (Å²) in [5.74, 6) is 5.80. The number of Topliss-reactive ketones (excluding diaryl/α,β-unsaturated/α-hetero) is 1. The molecule has 0 aliphatic heterocycles. The third-order valence-electron chi connectivity index (χ3n) is 5.79. The van der Waals surface area contributed by atoms with E-state index in [4.69, 9.17) is 0 Å². The Hall–Kier alpha value is -0.330. The van der Waals surface area contributed by atoms with Crippen LogP contribution in [0.5, 0.6) is 0 Å². The molecule has 4 bridgehead atoms. The van der Waals surface area contributed by atoms with Gasteiger partial charge in [0.05, 0.1) is 0 Å². The van der Waals surface area contributed by atoms with Gasteiger partial charge in [0.15, 0.2) is 0 Å². The van der Waals surface area contributed by atoms with Gasteiger partial charge in [-0.05, 0) is 61.7 Å². The predicted molar refractivity (Wildman–Crippen MR) is 53.6 cm³/mol. The number of fused-ring (bicyclic) bond motifs is 4. The fraction of sp³-hybridized carbons (Fsp3) is 0.923. The van der Waals surface area contributed by atoms with Crippen LogP contribution in [0.3, 0.4) is 0 Å². The average molecular weight is 190 g/mol. The van der Waals surface area contributed by atoms with Gasteiger partial charge in [0.25, 0.3) is 0 Å². The van der Waals surface area contributed by atoms with Gasteiger partial charge in [-0.3, -0.25) is 4.79 Å². The molecule has 1 heteroatoms. The number of hydrogen-bond donors (Lipinski definition) is 0. The van der Waals surface area contributed by atoms with E-state index in [2.05, 4.69) is 0 Å². The molecule has 0 aromatic carbocycles. The van der Waals surface area contributed by atoms with Gasteiger partial charge >= 0.3 is 0 Å². The summed E-state index contributed by atoms with van der Waals surface area (Å²) >= 11 is 0. The summed E-state index contributed by atoms with van der Waals surface area (Å²) in [5, 5.41) is 0. The molecule has 0 saturated heterocycles. The van der Waals surface area contributed by atoms with Gasteiger partial charge in [-0.15, -0.1) is 0 Å². The van der Waals surface area contributed by atoms with Crippen LogP contribution in [0.15, 0.2) is 0 Å². The van der Waals surface area contributed by atoms with Crippen LogP contribution in [0.1, 0.15) is 38.5 Å². The lowest BCUT2D eigenvalue weighted by atomic mass is 9.54. The van der Waals surface area contributed by atoms with E-state index in [1.165, 1.54) is 32.1 Å². The van der Waals surface area contributed by atoms with E-state index < -0.39 is 0 Å². The first-order valence-corrected chi connectivity index (χ1v) is 6.37. The molecule has 5 aliphatic rings. The molecule has 0 aromatic rings. The lowest BCUT2D eigenvalue weighted by Crippen LogP contribution is -2.45. The normalized spacial score (nSPS) is 59.3. The van der Waals surface area contributed by atoms with Crippen molar-refractivity contribution in [3.63, 3.8) is 0 Å². The summed E-state index contributed by atoms with van der Waals surface area (Å²) < 4.78 is 0. The Kier molecular flexibility index (Phi) is 1.37. The zero-order valence-electron chi connectivity index (χ0n) is 8.61. The monoisotopic (exact) mass is 190 g/mol. The second-order valence-corrected chi connectivity index (χ2v) is 6.10. The summed E-state index contributed by atoms with van der Waals surface area (Å²) in [6.45, 7) is 0. The Balaban J connectivity index is 1.76. The van der Waals surface area contributed by atoms with E-state index in [9.17, 15) is 4.79 Å². The van der Waals surface area contributed by atoms with Gasteiger partial charge in [0.1, 0.15) is 5.78 Å². The Morgan fingerprint density at radius 1 is 0.857 bits per heavy atom. The van der Waals surface area contributed by atoms with Crippen molar-refractivity contribution in [1.29, 1.82) is 0 Å². The highest BCUT2D eigenvalue weighted by Gasteiger charge is 2.59. The third-order valence-corrected chi connectivity index (χ3v) is 5.79. The van der Waals surface area contributed by atoms with Crippen molar-refractivity contribution in [3.05, 3.63) is 0 Å². The summed E-state index contributed by atoms with van der Waals surface area (Å²) in [5.41, 5.74) is 0.